The van der Waals surface area contributed by atoms with Gasteiger partial charge < -0.3 is 0 Å². The predicted octanol–water partition coefficient (Wildman–Crippen LogP) is 35.2. The average molecular weight is 1560 g/mol. The van der Waals surface area contributed by atoms with Gasteiger partial charge in [0.05, 0.1) is 0 Å². The first-order valence-electron chi connectivity index (χ1n) is 41.3. The van der Waals surface area contributed by atoms with Crippen LogP contribution in [0.15, 0.2) is 207 Å². The van der Waals surface area contributed by atoms with Gasteiger partial charge in [0.15, 0.2) is 0 Å². The summed E-state index contributed by atoms with van der Waals surface area (Å²) in [5.41, 5.74) is 26.7. The number of hydrogen-bond donors (Lipinski definition) is 0. The summed E-state index contributed by atoms with van der Waals surface area (Å²) in [6.45, 7) is 88.6. The van der Waals surface area contributed by atoms with Crippen LogP contribution in [0.3, 0.4) is 0 Å². The molecular weight excluding hydrogens is 1390 g/mol. The zero-order valence-corrected chi connectivity index (χ0v) is 78.3. The summed E-state index contributed by atoms with van der Waals surface area (Å²) in [5, 5.41) is 5.56. The quantitative estimate of drug-likeness (QED) is 0.160. The number of rotatable bonds is 1. The highest BCUT2D eigenvalue weighted by atomic mass is 32.1. The molecule has 0 bridgehead atoms. The Balaban J connectivity index is 0.000000351. The van der Waals surface area contributed by atoms with Crippen molar-refractivity contribution in [2.45, 2.75) is 357 Å². The summed E-state index contributed by atoms with van der Waals surface area (Å²) < 4.78 is 2.85. The van der Waals surface area contributed by atoms with Crippen LogP contribution >= 0.6 is 11.3 Å². The molecule has 0 N–H and O–H groups in total. The van der Waals surface area contributed by atoms with Crippen molar-refractivity contribution in [3.63, 3.8) is 0 Å². The molecule has 0 spiro atoms. The number of thiophene rings is 1. The van der Waals surface area contributed by atoms with Crippen LogP contribution in [0, 0.1) is 5.41 Å². The molecule has 12 rings (SSSR count). The van der Waals surface area contributed by atoms with Crippen molar-refractivity contribution in [2.75, 3.05) is 0 Å². The van der Waals surface area contributed by atoms with Gasteiger partial charge in [-0.2, -0.15) is 0 Å². The van der Waals surface area contributed by atoms with E-state index < -0.39 is 0 Å². The Hall–Kier alpha value is -7.39. The molecule has 2 heterocycles. The van der Waals surface area contributed by atoms with E-state index in [1.54, 1.807) is 0 Å². The highest BCUT2D eigenvalue weighted by Crippen LogP contribution is 2.53. The Morgan fingerprint density at radius 1 is 0.254 bits per heavy atom. The molecular formula is C112H163NS. The Labute approximate surface area is 706 Å². The third kappa shape index (κ3) is 27.6. The summed E-state index contributed by atoms with van der Waals surface area (Å²) in [6.07, 6.45) is 3.94. The molecule has 0 aliphatic heterocycles. The molecule has 9 aromatic carbocycles. The van der Waals surface area contributed by atoms with Crippen molar-refractivity contribution in [1.82, 2.24) is 4.98 Å². The Morgan fingerprint density at radius 2 is 0.605 bits per heavy atom. The molecule has 0 amide bonds. The van der Waals surface area contributed by atoms with Gasteiger partial charge in [-0.3, -0.25) is 4.98 Å². The second-order valence-corrected chi connectivity index (χ2v) is 46.2. The zero-order chi connectivity index (χ0) is 84.2. The van der Waals surface area contributed by atoms with Crippen molar-refractivity contribution in [1.29, 1.82) is 0 Å². The lowest BCUT2D eigenvalue weighted by molar-refractivity contribution is 0.469. The minimum Gasteiger partial charge on any atom is -0.264 e. The van der Waals surface area contributed by atoms with E-state index in [0.29, 0.717) is 5.41 Å². The molecule has 1 aliphatic carbocycles. The maximum Gasteiger partial charge on any atom is 0.0392 e. The fraction of sp³-hybridized carbons (Fsp3) is 0.491. The SMILES string of the molecule is C.C.C.CC(C)(C)C.CC(C)(C)c1cc(C(C)(C)C)c2c(c1)C(C)(C)c1ccccc1-2.CC(C)(C)c1cc(C(C)(C)C)c2ccccc2c1.CC(C)(C)c1cc(C(C)(C)C)c2sc3ccccc3c2c1.CC(C)(C)c1cccc(-c2ccccc2)c1.CC(C)(C)c1cccc(C(C)(C)C)c1.CC(C)(C)c1cncc(C(C)(C)C)c1. The van der Waals surface area contributed by atoms with Crippen LogP contribution in [0.2, 0.25) is 0 Å². The van der Waals surface area contributed by atoms with Crippen LogP contribution in [0.4, 0.5) is 0 Å². The largest absolute Gasteiger partial charge is 0.264 e. The van der Waals surface area contributed by atoms with Gasteiger partial charge >= 0.3 is 0 Å². The highest BCUT2D eigenvalue weighted by Gasteiger charge is 2.40. The molecule has 0 unspecified atom stereocenters. The average Bonchev–Trinajstić information content (AvgIpc) is 1.56. The van der Waals surface area contributed by atoms with E-state index in [2.05, 4.69) is 469 Å². The first-order chi connectivity index (χ1) is 50.3. The Kier molecular flexibility index (Phi) is 33.1. The molecule has 0 saturated carbocycles. The summed E-state index contributed by atoms with van der Waals surface area (Å²) in [6, 6.07) is 71.5. The minimum atomic E-state index is 0. The van der Waals surface area contributed by atoms with Crippen molar-refractivity contribution in [2.24, 2.45) is 5.41 Å². The summed E-state index contributed by atoms with van der Waals surface area (Å²) in [4.78, 5) is 4.32. The van der Waals surface area contributed by atoms with Gasteiger partial charge in [-0.05, 0) is 182 Å². The molecule has 11 aromatic rings. The second kappa shape index (κ2) is 37.5. The lowest BCUT2D eigenvalue weighted by Crippen LogP contribution is -2.21. The van der Waals surface area contributed by atoms with Crippen LogP contribution in [0.25, 0.3) is 53.2 Å². The van der Waals surface area contributed by atoms with Crippen LogP contribution in [-0.4, -0.2) is 4.98 Å². The monoisotopic (exact) mass is 1550 g/mol. The molecule has 0 radical (unpaired) electrons. The second-order valence-electron chi connectivity index (χ2n) is 45.1. The molecule has 0 atom stereocenters. The standard InChI is InChI=1S/C23H30.C20H24S.C18H24.C16H18.C14H22.C13H21N.C5H12.3CH4/c1-21(2,3)15-13-18(22(4,5)6)20-16-11-9-10-12-17(16)23(7,8)19(20)14-15;1-19(2,3)13-11-15-14-9-7-8-10-17(14)21-18(15)16(12-13)20(4,5)6;1-17(2,3)14-11-13-9-7-8-10-15(13)16(12-14)18(4,5)6;1-16(2,3)15-11-7-10-14(12-15)13-8-5-4-6-9-13;1-13(2,3)11-8-7-9-12(10-11)14(4,5)6;1-12(2,3)10-7-11(9-14-8-10)13(4,5)6;1-5(2,3)4;;;/h9-14H,1-8H3;7-12H,1-6H3;7-12H,1-6H3;4-12H,1-3H3;7-10H,1-6H3;7-9H,1-6H3;1-4H3;3*1H4. The number of nitrogens with zero attached hydrogens (tertiary/aromatic N) is 1. The van der Waals surface area contributed by atoms with Crippen molar-refractivity contribution in [3.8, 4) is 22.3 Å². The van der Waals surface area contributed by atoms with Crippen LogP contribution < -0.4 is 0 Å². The van der Waals surface area contributed by atoms with Crippen molar-refractivity contribution < 1.29 is 0 Å². The van der Waals surface area contributed by atoms with Crippen LogP contribution in [-0.2, 0) is 65.0 Å². The molecule has 2 aromatic heterocycles. The number of benzene rings is 9. The number of pyridine rings is 1. The topological polar surface area (TPSA) is 12.9 Å². The Bertz CT molecular complexity index is 4740. The smallest absolute Gasteiger partial charge is 0.0392 e. The number of hydrogen-bond acceptors (Lipinski definition) is 2. The molecule has 1 aliphatic rings. The molecule has 1 nitrogen and oxygen atoms in total. The van der Waals surface area contributed by atoms with Gasteiger partial charge in [-0.15, -0.1) is 11.3 Å². The fourth-order valence-corrected chi connectivity index (χ4v) is 14.9. The molecule has 2 heteroatoms. The number of aromatic nitrogens is 1. The molecule has 0 saturated heterocycles. The van der Waals surface area contributed by atoms with Gasteiger partial charge in [0.2, 0.25) is 0 Å². The molecule has 0 fully saturated rings. The van der Waals surface area contributed by atoms with Gasteiger partial charge in [0.25, 0.3) is 0 Å². The van der Waals surface area contributed by atoms with Gasteiger partial charge in [-0.25, -0.2) is 0 Å². The third-order valence-electron chi connectivity index (χ3n) is 20.9. The summed E-state index contributed by atoms with van der Waals surface area (Å²) in [7, 11) is 0. The maximum atomic E-state index is 4.32. The van der Waals surface area contributed by atoms with E-state index in [1.807, 2.05) is 23.7 Å². The zero-order valence-electron chi connectivity index (χ0n) is 77.5. The fourth-order valence-electron chi connectivity index (χ4n) is 13.5. The third-order valence-corrected chi connectivity index (χ3v) is 22.2. The predicted molar refractivity (Wildman–Crippen MR) is 521 cm³/mol. The van der Waals surface area contributed by atoms with Gasteiger partial charge in [0, 0.05) is 38.0 Å². The van der Waals surface area contributed by atoms with Crippen molar-refractivity contribution >= 4 is 42.3 Å². The highest BCUT2D eigenvalue weighted by molar-refractivity contribution is 7.26. The van der Waals surface area contributed by atoms with Crippen LogP contribution in [0.5, 0.6) is 0 Å². The van der Waals surface area contributed by atoms with E-state index >= 15 is 0 Å². The normalized spacial score (nSPS) is 13.1. The summed E-state index contributed by atoms with van der Waals surface area (Å²) >= 11 is 1.93. The lowest BCUT2D eigenvalue weighted by atomic mass is 9.74. The minimum absolute atomic E-state index is 0. The maximum absolute atomic E-state index is 4.32. The van der Waals surface area contributed by atoms with E-state index in [1.165, 1.54) is 126 Å². The van der Waals surface area contributed by atoms with Gasteiger partial charge in [-0.1, -0.05) is 474 Å². The summed E-state index contributed by atoms with van der Waals surface area (Å²) in [5.74, 6) is 0. The van der Waals surface area contributed by atoms with E-state index in [4.69, 9.17) is 0 Å². The number of fused-ring (bicyclic) bond motifs is 7. The van der Waals surface area contributed by atoms with Gasteiger partial charge in [0.1, 0.15) is 0 Å². The first-order valence-corrected chi connectivity index (χ1v) is 42.1. The van der Waals surface area contributed by atoms with E-state index in [0.717, 1.165) is 0 Å². The van der Waals surface area contributed by atoms with Crippen LogP contribution in [0.1, 0.15) is 365 Å². The van der Waals surface area contributed by atoms with E-state index in [-0.39, 0.29) is 87.3 Å². The molecule has 114 heavy (non-hydrogen) atoms. The van der Waals surface area contributed by atoms with Crippen molar-refractivity contribution in [3.05, 3.63) is 279 Å². The lowest BCUT2D eigenvalue weighted by Gasteiger charge is -2.30. The molecule has 622 valence electrons. The van der Waals surface area contributed by atoms with E-state index in [9.17, 15) is 0 Å². The Morgan fingerprint density at radius 3 is 1.06 bits per heavy atom. The first kappa shape index (κ1) is 101.